The molecule has 12 atom stereocenters. The maximum Gasteiger partial charge on any atom is 0.325 e. The number of aliphatic hydroxyl groups is 1. The molecule has 0 heterocycles. The van der Waals surface area contributed by atoms with Gasteiger partial charge in [-0.3, -0.25) is 52.7 Å². The van der Waals surface area contributed by atoms with Crippen LogP contribution in [-0.4, -0.2) is 229 Å². The predicted octanol–water partition coefficient (Wildman–Crippen LogP) is 2.55. The molecule has 0 saturated carbocycles. The third kappa shape index (κ3) is 23.6. The Labute approximate surface area is 508 Å². The first kappa shape index (κ1) is 78.8. The minimum absolute atomic E-state index is 0.0586. The Morgan fingerprint density at radius 1 is 0.482 bits per heavy atom. The number of rotatable bonds is 36. The zero-order valence-corrected chi connectivity index (χ0v) is 55.9. The van der Waals surface area contributed by atoms with Gasteiger partial charge in [-0.1, -0.05) is 102 Å². The van der Waals surface area contributed by atoms with Gasteiger partial charge in [0.2, 0.25) is 59.1 Å². The van der Waals surface area contributed by atoms with Gasteiger partial charge in [-0.05, 0) is 102 Å². The Balaban J connectivity index is 6.98. The van der Waals surface area contributed by atoms with Crippen molar-refractivity contribution in [3.8, 4) is 0 Å². The minimum Gasteiger partial charge on any atom is -0.468 e. The van der Waals surface area contributed by atoms with Crippen LogP contribution in [0.3, 0.4) is 0 Å². The van der Waals surface area contributed by atoms with E-state index in [-0.39, 0.29) is 61.8 Å². The maximum atomic E-state index is 15.1. The van der Waals surface area contributed by atoms with Gasteiger partial charge in [0.25, 0.3) is 0 Å². The van der Waals surface area contributed by atoms with Crippen LogP contribution < -0.4 is 26.6 Å². The molecular weight excluding hydrogens is 1090 g/mol. The highest BCUT2D eigenvalue weighted by Crippen LogP contribution is 2.25. The van der Waals surface area contributed by atoms with Crippen molar-refractivity contribution in [1.82, 2.24) is 56.0 Å². The smallest absolute Gasteiger partial charge is 0.325 e. The molecule has 0 bridgehead atoms. The Kier molecular flexibility index (Phi) is 34.7. The van der Waals surface area contributed by atoms with Gasteiger partial charge < -0.3 is 65.8 Å². The molecule has 0 aliphatic carbocycles. The second kappa shape index (κ2) is 37.4. The van der Waals surface area contributed by atoms with E-state index < -0.39 is 137 Å². The van der Waals surface area contributed by atoms with E-state index in [4.69, 9.17) is 4.74 Å². The number of nitrogens with one attached hydrogen (secondary N) is 5. The van der Waals surface area contributed by atoms with Crippen molar-refractivity contribution in [2.24, 2.45) is 35.5 Å². The second-order valence-electron chi connectivity index (χ2n) is 24.8. The number of likely N-dealkylation sites (N-methyl/N-ethyl adjacent to an activating group) is 7. The Morgan fingerprint density at radius 2 is 0.929 bits per heavy atom. The quantitative estimate of drug-likeness (QED) is 0.0389. The molecule has 6 N–H and O–H groups in total. The summed E-state index contributed by atoms with van der Waals surface area (Å²) >= 11 is 0. The predicted molar refractivity (Wildman–Crippen MR) is 328 cm³/mol. The highest BCUT2D eigenvalue weighted by molar-refractivity contribution is 5.99. The third-order valence-corrected chi connectivity index (χ3v) is 15.5. The molecule has 0 aromatic carbocycles. The number of allylic oxidation sites excluding steroid dienone is 2. The molecule has 0 aliphatic rings. The summed E-state index contributed by atoms with van der Waals surface area (Å²) in [4.78, 5) is 161. The number of ether oxygens (including phenoxy) is 1. The molecular formula is C61H111N11O13. The SMILES string of the molecule is C/C=C/C[C@@H](C)[C@@H](O)[C@@H](C(=O)N[C@@H](CC)C(=O)N(C)CC(=O)OC)N(C)C(=O)[C@H](C(C)C)N(C)C(=O)[C@H](CC(C)C)N(C)C(=O)[C@H](CC(C)C)N(C)C(=O)[C@@H](C)NC(=O)[C@H](C)NC(=O)[C@H](CC(C)C)N(C)C(=O)[C@@H](NC(=O)[C@H](CC)NC)C(C)C. The van der Waals surface area contributed by atoms with E-state index in [0.717, 1.165) is 9.80 Å². The molecule has 0 saturated heterocycles. The van der Waals surface area contributed by atoms with Crippen LogP contribution in [0.2, 0.25) is 0 Å². The molecule has 0 aromatic rings. The maximum absolute atomic E-state index is 15.1. The molecule has 0 radical (unpaired) electrons. The summed E-state index contributed by atoms with van der Waals surface area (Å²) < 4.78 is 4.70. The van der Waals surface area contributed by atoms with Crippen molar-refractivity contribution in [3.63, 3.8) is 0 Å². The molecule has 488 valence electrons. The molecule has 0 aliphatic heterocycles. The molecule has 0 rings (SSSR count). The average Bonchev–Trinajstić information content (AvgIpc) is 3.33. The van der Waals surface area contributed by atoms with E-state index in [1.165, 1.54) is 82.8 Å². The summed E-state index contributed by atoms with van der Waals surface area (Å²) in [6.45, 7) is 27.8. The van der Waals surface area contributed by atoms with Crippen molar-refractivity contribution in [2.45, 2.75) is 216 Å². The fourth-order valence-corrected chi connectivity index (χ4v) is 10.1. The topological polar surface area (TPSA) is 297 Å². The molecule has 24 nitrogen and oxygen atoms in total. The second-order valence-corrected chi connectivity index (χ2v) is 24.8. The zero-order valence-electron chi connectivity index (χ0n) is 55.9. The lowest BCUT2D eigenvalue weighted by molar-refractivity contribution is -0.157. The lowest BCUT2D eigenvalue weighted by atomic mass is 9.91. The molecule has 24 heteroatoms. The molecule has 0 aromatic heterocycles. The summed E-state index contributed by atoms with van der Waals surface area (Å²) in [6, 6.07) is -11.2. The first-order chi connectivity index (χ1) is 39.3. The fraction of sp³-hybridized carbons (Fsp3) is 0.787. The monoisotopic (exact) mass is 1210 g/mol. The van der Waals surface area contributed by atoms with Gasteiger partial charge in [0.15, 0.2) is 0 Å². The van der Waals surface area contributed by atoms with E-state index in [0.29, 0.717) is 12.8 Å². The summed E-state index contributed by atoms with van der Waals surface area (Å²) in [6.07, 6.45) is 3.58. The fourth-order valence-electron chi connectivity index (χ4n) is 10.1. The van der Waals surface area contributed by atoms with Gasteiger partial charge in [-0.25, -0.2) is 0 Å². The van der Waals surface area contributed by atoms with Crippen LogP contribution in [0.5, 0.6) is 0 Å². The summed E-state index contributed by atoms with van der Waals surface area (Å²) in [5, 5.41) is 25.7. The Morgan fingerprint density at radius 3 is 1.36 bits per heavy atom. The highest BCUT2D eigenvalue weighted by Gasteiger charge is 2.45. The van der Waals surface area contributed by atoms with Crippen LogP contribution in [0.15, 0.2) is 12.2 Å². The van der Waals surface area contributed by atoms with Crippen molar-refractivity contribution in [3.05, 3.63) is 12.2 Å². The number of amides is 10. The van der Waals surface area contributed by atoms with Gasteiger partial charge >= 0.3 is 5.97 Å². The number of hydrogen-bond donors (Lipinski definition) is 6. The van der Waals surface area contributed by atoms with Crippen LogP contribution in [0, 0.1) is 35.5 Å². The summed E-state index contributed by atoms with van der Waals surface area (Å²) in [5.74, 6) is -8.70. The number of esters is 1. The third-order valence-electron chi connectivity index (χ3n) is 15.5. The first-order valence-corrected chi connectivity index (χ1v) is 30.2. The van der Waals surface area contributed by atoms with Crippen molar-refractivity contribution >= 4 is 65.0 Å². The van der Waals surface area contributed by atoms with Gasteiger partial charge in [0.05, 0.1) is 19.3 Å². The van der Waals surface area contributed by atoms with E-state index in [2.05, 4.69) is 26.6 Å². The number of hydrogen-bond acceptors (Lipinski definition) is 14. The normalized spacial score (nSPS) is 15.9. The van der Waals surface area contributed by atoms with E-state index in [9.17, 15) is 53.1 Å². The van der Waals surface area contributed by atoms with E-state index in [1.54, 1.807) is 61.6 Å². The van der Waals surface area contributed by atoms with E-state index >= 15 is 4.79 Å². The Bertz CT molecular complexity index is 2260. The van der Waals surface area contributed by atoms with Gasteiger partial charge in [-0.2, -0.15) is 0 Å². The van der Waals surface area contributed by atoms with Crippen LogP contribution in [0.4, 0.5) is 0 Å². The molecule has 0 fully saturated rings. The molecule has 0 unspecified atom stereocenters. The van der Waals surface area contributed by atoms with Gasteiger partial charge in [0.1, 0.15) is 60.9 Å². The Hall–Kier alpha value is -6.17. The van der Waals surface area contributed by atoms with Crippen LogP contribution in [-0.2, 0) is 57.5 Å². The van der Waals surface area contributed by atoms with Crippen LogP contribution in [0.25, 0.3) is 0 Å². The number of carbonyl (C=O) groups excluding carboxylic acids is 11. The molecule has 85 heavy (non-hydrogen) atoms. The van der Waals surface area contributed by atoms with Gasteiger partial charge in [0, 0.05) is 42.3 Å². The van der Waals surface area contributed by atoms with Crippen LogP contribution >= 0.6 is 0 Å². The molecule has 0 spiro atoms. The lowest BCUT2D eigenvalue weighted by Crippen LogP contribution is -2.63. The first-order valence-electron chi connectivity index (χ1n) is 30.2. The minimum atomic E-state index is -1.56. The zero-order chi connectivity index (χ0) is 66.2. The van der Waals surface area contributed by atoms with Crippen molar-refractivity contribution in [1.29, 1.82) is 0 Å². The standard InChI is InChI=1S/C61H111N11O13/c1-25-28-29-39(14)51(74)50(55(78)65-43(27-3)57(80)67(18)33-47(73)85-24)72(23)61(84)49(38(12)13)71(22)59(82)46(32-36(8)9)70(21)58(81)45(31-35(6)7)69(20)56(79)41(16)64-52(75)40(15)63-54(77)44(30-34(4)5)68(19)60(83)48(37(10)11)66-53(76)42(26-2)62-17/h25,28,34-46,48-51,62,74H,26-27,29-33H2,1-24H3,(H,63,77)(H,64,75)(H,65,78)(H,66,76)/b28-25+/t39-,40+,41-,42+,43+,44+,45+,46+,48+,49+,50+,51-/m1/s1. The van der Waals surface area contributed by atoms with Crippen molar-refractivity contribution < 1.29 is 62.6 Å². The van der Waals surface area contributed by atoms with Gasteiger partial charge in [-0.15, -0.1) is 0 Å². The summed E-state index contributed by atoms with van der Waals surface area (Å²) in [7, 11) is 11.4. The molecule has 10 amide bonds. The van der Waals surface area contributed by atoms with Crippen LogP contribution in [0.1, 0.15) is 149 Å². The van der Waals surface area contributed by atoms with E-state index in [1.807, 2.05) is 54.5 Å². The lowest BCUT2D eigenvalue weighted by Gasteiger charge is -2.41. The van der Waals surface area contributed by atoms with Crippen molar-refractivity contribution in [2.75, 3.05) is 63.0 Å². The highest BCUT2D eigenvalue weighted by atomic mass is 16.5. The number of nitrogens with zero attached hydrogens (tertiary/aromatic N) is 6. The number of methoxy groups -OCH3 is 1. The largest absolute Gasteiger partial charge is 0.468 e. The number of carbonyl (C=O) groups is 11. The summed E-state index contributed by atoms with van der Waals surface area (Å²) in [5.41, 5.74) is 0. The average molecular weight is 1210 g/mol. The number of aliphatic hydroxyl groups excluding tert-OH is 1.